The highest BCUT2D eigenvalue weighted by Crippen LogP contribution is 2.07. The van der Waals surface area contributed by atoms with E-state index < -0.39 is 6.29 Å². The molecule has 0 saturated carbocycles. The minimum Gasteiger partial charge on any atom is -0.506 e. The van der Waals surface area contributed by atoms with Gasteiger partial charge in [-0.2, -0.15) is 0 Å². The van der Waals surface area contributed by atoms with Gasteiger partial charge in [0, 0.05) is 23.7 Å². The Kier molecular flexibility index (Phi) is 12.4. The van der Waals surface area contributed by atoms with Crippen LogP contribution in [0.5, 0.6) is 0 Å². The number of aliphatic imine (C=N–C) groups is 1. The molecule has 0 amide bonds. The van der Waals surface area contributed by atoms with Crippen molar-refractivity contribution >= 4 is 6.21 Å². The molecule has 1 atom stereocenters. The predicted molar refractivity (Wildman–Crippen MR) is 108 cm³/mol. The van der Waals surface area contributed by atoms with Crippen molar-refractivity contribution in [3.8, 4) is 0 Å². The quantitative estimate of drug-likeness (QED) is 0.0901. The van der Waals surface area contributed by atoms with E-state index in [-0.39, 0.29) is 18.9 Å². The number of aliphatic hydroxyl groups excluding tert-OH is 2. The molecule has 0 bridgehead atoms. The van der Waals surface area contributed by atoms with Crippen molar-refractivity contribution in [2.24, 2.45) is 16.5 Å². The molecular formula is C18H32N6O2. The van der Waals surface area contributed by atoms with Crippen LogP contribution in [0, 0.1) is 0 Å². The normalized spacial score (nSPS) is 15.3. The van der Waals surface area contributed by atoms with E-state index in [1.807, 2.05) is 13.0 Å². The first-order valence-corrected chi connectivity index (χ1v) is 8.37. The molecule has 1 unspecified atom stereocenters. The van der Waals surface area contributed by atoms with Crippen LogP contribution in [0.25, 0.3) is 0 Å². The Morgan fingerprint density at radius 2 is 2.04 bits per heavy atom. The van der Waals surface area contributed by atoms with Gasteiger partial charge in [-0.1, -0.05) is 19.1 Å². The van der Waals surface area contributed by atoms with Crippen molar-refractivity contribution in [1.29, 1.82) is 0 Å². The Bertz CT molecular complexity index is 590. The summed E-state index contributed by atoms with van der Waals surface area (Å²) in [6.45, 7) is 9.84. The van der Waals surface area contributed by atoms with Crippen LogP contribution in [0.1, 0.15) is 27.2 Å². The Labute approximate surface area is 155 Å². The van der Waals surface area contributed by atoms with E-state index in [9.17, 15) is 5.11 Å². The Hall–Kier alpha value is -2.55. The average molecular weight is 364 g/mol. The van der Waals surface area contributed by atoms with Crippen molar-refractivity contribution in [1.82, 2.24) is 16.2 Å². The van der Waals surface area contributed by atoms with Gasteiger partial charge in [0.2, 0.25) is 0 Å². The van der Waals surface area contributed by atoms with Crippen molar-refractivity contribution in [3.63, 3.8) is 0 Å². The summed E-state index contributed by atoms with van der Waals surface area (Å²) in [5.41, 5.74) is 20.0. The van der Waals surface area contributed by atoms with Gasteiger partial charge in [0.15, 0.2) is 0 Å². The van der Waals surface area contributed by atoms with E-state index >= 15 is 0 Å². The number of hydrogen-bond acceptors (Lipinski definition) is 8. The van der Waals surface area contributed by atoms with Gasteiger partial charge in [0.25, 0.3) is 0 Å². The molecule has 0 aliphatic rings. The van der Waals surface area contributed by atoms with Gasteiger partial charge in [0.1, 0.15) is 12.0 Å². The molecule has 0 radical (unpaired) electrons. The molecule has 146 valence electrons. The zero-order chi connectivity index (χ0) is 19.9. The summed E-state index contributed by atoms with van der Waals surface area (Å²) >= 11 is 0. The van der Waals surface area contributed by atoms with E-state index in [2.05, 4.69) is 34.7 Å². The summed E-state index contributed by atoms with van der Waals surface area (Å²) in [7, 11) is 0. The summed E-state index contributed by atoms with van der Waals surface area (Å²) in [5, 5.41) is 21.8. The Morgan fingerprint density at radius 3 is 2.58 bits per heavy atom. The third-order valence-corrected chi connectivity index (χ3v) is 3.20. The molecule has 0 aliphatic heterocycles. The molecule has 0 aromatic carbocycles. The molecule has 0 aromatic heterocycles. The maximum Gasteiger partial charge on any atom is 0.146 e. The number of hydrazine groups is 1. The molecule has 8 heteroatoms. The van der Waals surface area contributed by atoms with E-state index in [1.165, 1.54) is 24.1 Å². The van der Waals surface area contributed by atoms with Crippen LogP contribution in [-0.4, -0.2) is 35.9 Å². The fourth-order valence-electron chi connectivity index (χ4n) is 1.68. The van der Waals surface area contributed by atoms with Crippen molar-refractivity contribution in [2.75, 3.05) is 13.2 Å². The molecular weight excluding hydrogens is 332 g/mol. The minimum atomic E-state index is -0.719. The molecule has 9 N–H and O–H groups in total. The summed E-state index contributed by atoms with van der Waals surface area (Å²) < 4.78 is 0. The van der Waals surface area contributed by atoms with Gasteiger partial charge in [-0.25, -0.2) is 5.43 Å². The molecule has 0 aromatic rings. The maximum absolute atomic E-state index is 10.1. The molecule has 0 aliphatic carbocycles. The van der Waals surface area contributed by atoms with Crippen LogP contribution in [0.3, 0.4) is 0 Å². The standard InChI is InChI=1S/C18H32N6O2/c1-5-13(3)9-14(4)23-24-18(20)22-16(17(26)6-2)10-15(11-19)12-21-7-8-25/h6,9-12,18,22-26H,4-5,7-8,19-20H2,1-3H3/b13-9-,15-11?,16-10+,17-6+,21-12?. The van der Waals surface area contributed by atoms with E-state index in [0.29, 0.717) is 17.0 Å². The first-order valence-electron chi connectivity index (χ1n) is 8.37. The number of nitrogens with one attached hydrogen (secondary N) is 3. The minimum absolute atomic E-state index is 0.00212. The van der Waals surface area contributed by atoms with Crippen LogP contribution >= 0.6 is 0 Å². The summed E-state index contributed by atoms with van der Waals surface area (Å²) in [4.78, 5) is 4.00. The van der Waals surface area contributed by atoms with Crippen LogP contribution in [0.4, 0.5) is 0 Å². The number of nitrogens with zero attached hydrogens (tertiary/aromatic N) is 1. The van der Waals surface area contributed by atoms with Gasteiger partial charge in [0.05, 0.1) is 18.8 Å². The molecule has 0 spiro atoms. The first-order chi connectivity index (χ1) is 12.4. The highest BCUT2D eigenvalue weighted by molar-refractivity contribution is 5.82. The lowest BCUT2D eigenvalue weighted by molar-refractivity contribution is 0.307. The SMILES string of the molecule is C=C(/C=C(/C)CC)NNC(N)NC(=C/C(C=NCCO)=CN)/C(O)=C\C. The largest absolute Gasteiger partial charge is 0.506 e. The second-order valence-corrected chi connectivity index (χ2v) is 5.42. The first kappa shape index (κ1) is 23.4. The second kappa shape index (κ2) is 13.7. The summed E-state index contributed by atoms with van der Waals surface area (Å²) in [5.74, 6) is -0.00212. The van der Waals surface area contributed by atoms with Crippen LogP contribution < -0.4 is 27.6 Å². The number of allylic oxidation sites excluding steroid dienone is 5. The third kappa shape index (κ3) is 10.3. The fourth-order valence-corrected chi connectivity index (χ4v) is 1.68. The van der Waals surface area contributed by atoms with Crippen LogP contribution in [0.2, 0.25) is 0 Å². The van der Waals surface area contributed by atoms with Gasteiger partial charge in [-0.05, 0) is 38.5 Å². The Morgan fingerprint density at radius 1 is 1.35 bits per heavy atom. The van der Waals surface area contributed by atoms with Gasteiger partial charge < -0.3 is 26.7 Å². The van der Waals surface area contributed by atoms with Gasteiger partial charge in [-0.3, -0.25) is 10.7 Å². The third-order valence-electron chi connectivity index (χ3n) is 3.20. The van der Waals surface area contributed by atoms with Crippen LogP contribution in [0.15, 0.2) is 64.3 Å². The number of hydrogen-bond donors (Lipinski definition) is 7. The van der Waals surface area contributed by atoms with E-state index in [4.69, 9.17) is 16.6 Å². The maximum atomic E-state index is 10.1. The average Bonchev–Trinajstić information content (AvgIpc) is 2.63. The van der Waals surface area contributed by atoms with Gasteiger partial charge >= 0.3 is 0 Å². The lowest BCUT2D eigenvalue weighted by atomic mass is 10.2. The fraction of sp³-hybridized carbons (Fsp3) is 0.389. The molecule has 0 saturated heterocycles. The van der Waals surface area contributed by atoms with Crippen molar-refractivity contribution in [3.05, 3.63) is 59.3 Å². The zero-order valence-electron chi connectivity index (χ0n) is 15.8. The van der Waals surface area contributed by atoms with E-state index in [0.717, 1.165) is 6.42 Å². The van der Waals surface area contributed by atoms with Gasteiger partial charge in [-0.15, -0.1) is 0 Å². The highest BCUT2D eigenvalue weighted by atomic mass is 16.3. The second-order valence-electron chi connectivity index (χ2n) is 5.42. The molecule has 8 nitrogen and oxygen atoms in total. The molecule has 0 rings (SSSR count). The Balaban J connectivity index is 5.01. The lowest BCUT2D eigenvalue weighted by Crippen LogP contribution is -2.54. The monoisotopic (exact) mass is 364 g/mol. The highest BCUT2D eigenvalue weighted by Gasteiger charge is 2.08. The molecule has 26 heavy (non-hydrogen) atoms. The van der Waals surface area contributed by atoms with Crippen molar-refractivity contribution < 1.29 is 10.2 Å². The number of rotatable bonds is 12. The topological polar surface area (TPSA) is 141 Å². The smallest absolute Gasteiger partial charge is 0.146 e. The zero-order valence-corrected chi connectivity index (χ0v) is 15.8. The van der Waals surface area contributed by atoms with E-state index in [1.54, 1.807) is 13.0 Å². The summed E-state index contributed by atoms with van der Waals surface area (Å²) in [6.07, 6.45) is 8.06. The molecule has 0 fully saturated rings. The summed E-state index contributed by atoms with van der Waals surface area (Å²) in [6, 6.07) is 0. The lowest BCUT2D eigenvalue weighted by Gasteiger charge is -2.20. The number of nitrogens with two attached hydrogens (primary N) is 2. The van der Waals surface area contributed by atoms with Crippen molar-refractivity contribution in [2.45, 2.75) is 33.5 Å². The van der Waals surface area contributed by atoms with Crippen LogP contribution in [-0.2, 0) is 0 Å². The number of aliphatic hydroxyl groups is 2. The molecule has 0 heterocycles. The predicted octanol–water partition coefficient (Wildman–Crippen LogP) is 1.03.